The van der Waals surface area contributed by atoms with Crippen LogP contribution < -0.4 is 10.3 Å². The first-order chi connectivity index (χ1) is 11.8. The standard InChI is InChI=1S/C17H14ClN3O4/c1-8(25-10-3-4-14(17(23)24)19-7-10)11-5-12-15(6-13(11)18)20-9(2)21-16(12)22/h3-8H,1-2H3,(H,23,24)(H,20,21,22)/t8-/m0/s1. The number of pyridine rings is 1. The zero-order valence-corrected chi connectivity index (χ0v) is 14.2. The van der Waals surface area contributed by atoms with E-state index in [0.717, 1.165) is 0 Å². The molecular weight excluding hydrogens is 346 g/mol. The Morgan fingerprint density at radius 1 is 1.36 bits per heavy atom. The molecule has 0 fully saturated rings. The van der Waals surface area contributed by atoms with Gasteiger partial charge in [0, 0.05) is 10.6 Å². The van der Waals surface area contributed by atoms with E-state index < -0.39 is 12.1 Å². The molecule has 128 valence electrons. The molecule has 3 aromatic rings. The minimum absolute atomic E-state index is 0.0725. The van der Waals surface area contributed by atoms with E-state index in [4.69, 9.17) is 21.4 Å². The molecule has 0 aliphatic carbocycles. The molecule has 1 aromatic carbocycles. The first-order valence-electron chi connectivity index (χ1n) is 7.41. The predicted octanol–water partition coefficient (Wildman–Crippen LogP) is 3.12. The Morgan fingerprint density at radius 2 is 2.12 bits per heavy atom. The number of carboxylic acids is 1. The summed E-state index contributed by atoms with van der Waals surface area (Å²) < 4.78 is 5.76. The van der Waals surface area contributed by atoms with Gasteiger partial charge in [-0.1, -0.05) is 11.6 Å². The summed E-state index contributed by atoms with van der Waals surface area (Å²) in [6, 6.07) is 6.14. The van der Waals surface area contributed by atoms with E-state index >= 15 is 0 Å². The third-order valence-corrected chi connectivity index (χ3v) is 3.98. The lowest BCUT2D eigenvalue weighted by Gasteiger charge is -2.17. The van der Waals surface area contributed by atoms with Crippen LogP contribution in [-0.4, -0.2) is 26.0 Å². The number of carboxylic acid groups (broad SMARTS) is 1. The highest BCUT2D eigenvalue weighted by molar-refractivity contribution is 6.32. The van der Waals surface area contributed by atoms with Crippen molar-refractivity contribution in [2.75, 3.05) is 0 Å². The van der Waals surface area contributed by atoms with Gasteiger partial charge in [-0.25, -0.2) is 14.8 Å². The van der Waals surface area contributed by atoms with E-state index in [1.807, 2.05) is 0 Å². The first kappa shape index (κ1) is 16.9. The van der Waals surface area contributed by atoms with E-state index in [0.29, 0.717) is 33.1 Å². The summed E-state index contributed by atoms with van der Waals surface area (Å²) in [7, 11) is 0. The van der Waals surface area contributed by atoms with Gasteiger partial charge in [0.2, 0.25) is 0 Å². The molecule has 2 aromatic heterocycles. The molecule has 0 saturated heterocycles. The number of H-pyrrole nitrogens is 1. The molecule has 8 heteroatoms. The first-order valence-corrected chi connectivity index (χ1v) is 7.79. The molecule has 1 atom stereocenters. The smallest absolute Gasteiger partial charge is 0.354 e. The van der Waals surface area contributed by atoms with Gasteiger partial charge in [-0.15, -0.1) is 0 Å². The van der Waals surface area contributed by atoms with Crippen LogP contribution in [0.25, 0.3) is 10.9 Å². The molecule has 0 aliphatic heterocycles. The second-order valence-corrected chi connectivity index (χ2v) is 5.89. The Morgan fingerprint density at radius 3 is 2.76 bits per heavy atom. The molecule has 0 amide bonds. The number of carbonyl (C=O) groups is 1. The van der Waals surface area contributed by atoms with E-state index in [-0.39, 0.29) is 11.3 Å². The number of rotatable bonds is 4. The van der Waals surface area contributed by atoms with Crippen LogP contribution in [0.3, 0.4) is 0 Å². The highest BCUT2D eigenvalue weighted by Gasteiger charge is 2.15. The van der Waals surface area contributed by atoms with E-state index in [1.54, 1.807) is 26.0 Å². The van der Waals surface area contributed by atoms with Gasteiger partial charge in [-0.2, -0.15) is 0 Å². The molecule has 0 spiro atoms. The maximum atomic E-state index is 12.1. The number of hydrogen-bond donors (Lipinski definition) is 2. The second-order valence-electron chi connectivity index (χ2n) is 5.49. The number of hydrogen-bond acceptors (Lipinski definition) is 5. The monoisotopic (exact) mass is 359 g/mol. The van der Waals surface area contributed by atoms with Crippen LogP contribution >= 0.6 is 11.6 Å². The van der Waals surface area contributed by atoms with Gasteiger partial charge < -0.3 is 14.8 Å². The topological polar surface area (TPSA) is 105 Å². The molecular formula is C17H14ClN3O4. The van der Waals surface area contributed by atoms with Crippen molar-refractivity contribution in [3.8, 4) is 5.75 Å². The quantitative estimate of drug-likeness (QED) is 0.741. The van der Waals surface area contributed by atoms with Gasteiger partial charge in [0.1, 0.15) is 23.4 Å². The van der Waals surface area contributed by atoms with E-state index in [1.165, 1.54) is 18.3 Å². The SMILES string of the molecule is Cc1nc2cc(Cl)c([C@H](C)Oc3ccc(C(=O)O)nc3)cc2c(=O)[nH]1. The van der Waals surface area contributed by atoms with Crippen LogP contribution in [0.5, 0.6) is 5.75 Å². The minimum atomic E-state index is -1.11. The van der Waals surface area contributed by atoms with Crippen molar-refractivity contribution < 1.29 is 14.6 Å². The van der Waals surface area contributed by atoms with Gasteiger partial charge in [0.25, 0.3) is 5.56 Å². The molecule has 25 heavy (non-hydrogen) atoms. The van der Waals surface area contributed by atoms with Crippen molar-refractivity contribution in [1.82, 2.24) is 15.0 Å². The molecule has 0 bridgehead atoms. The van der Waals surface area contributed by atoms with E-state index in [2.05, 4.69) is 15.0 Å². The van der Waals surface area contributed by atoms with Crippen LogP contribution in [-0.2, 0) is 0 Å². The van der Waals surface area contributed by atoms with Crippen molar-refractivity contribution in [2.24, 2.45) is 0 Å². The molecule has 0 saturated carbocycles. The molecule has 3 rings (SSSR count). The Hall–Kier alpha value is -2.93. The number of nitrogens with one attached hydrogen (secondary N) is 1. The van der Waals surface area contributed by atoms with Crippen molar-refractivity contribution in [3.05, 3.63) is 62.9 Å². The second kappa shape index (κ2) is 6.52. The molecule has 2 N–H and O–H groups in total. The number of halogens is 1. The fraction of sp³-hybridized carbons (Fsp3) is 0.176. The number of benzene rings is 1. The van der Waals surface area contributed by atoms with Crippen LogP contribution in [0.15, 0.2) is 35.3 Å². The lowest BCUT2D eigenvalue weighted by atomic mass is 10.1. The van der Waals surface area contributed by atoms with Crippen molar-refractivity contribution in [2.45, 2.75) is 20.0 Å². The Labute approximate surface area is 147 Å². The highest BCUT2D eigenvalue weighted by atomic mass is 35.5. The van der Waals surface area contributed by atoms with Crippen LogP contribution in [0.2, 0.25) is 5.02 Å². The van der Waals surface area contributed by atoms with Crippen molar-refractivity contribution in [1.29, 1.82) is 0 Å². The largest absolute Gasteiger partial charge is 0.484 e. The average Bonchev–Trinajstić information content (AvgIpc) is 2.54. The Balaban J connectivity index is 1.93. The number of fused-ring (bicyclic) bond motifs is 1. The maximum Gasteiger partial charge on any atom is 0.354 e. The average molecular weight is 360 g/mol. The summed E-state index contributed by atoms with van der Waals surface area (Å²) in [5, 5.41) is 9.70. The Bertz CT molecular complexity index is 1010. The highest BCUT2D eigenvalue weighted by Crippen LogP contribution is 2.29. The van der Waals surface area contributed by atoms with Crippen LogP contribution in [0.1, 0.15) is 34.9 Å². The van der Waals surface area contributed by atoms with Gasteiger partial charge in [-0.3, -0.25) is 4.79 Å². The lowest BCUT2D eigenvalue weighted by Crippen LogP contribution is -2.12. The summed E-state index contributed by atoms with van der Waals surface area (Å²) in [4.78, 5) is 33.6. The van der Waals surface area contributed by atoms with Crippen molar-refractivity contribution in [3.63, 3.8) is 0 Å². The zero-order valence-electron chi connectivity index (χ0n) is 13.4. The van der Waals surface area contributed by atoms with Gasteiger partial charge >= 0.3 is 5.97 Å². The fourth-order valence-corrected chi connectivity index (χ4v) is 2.76. The molecule has 0 unspecified atom stereocenters. The normalized spacial score (nSPS) is 12.1. The summed E-state index contributed by atoms with van der Waals surface area (Å²) in [5.41, 5.74) is 0.805. The van der Waals surface area contributed by atoms with E-state index in [9.17, 15) is 9.59 Å². The summed E-state index contributed by atoms with van der Waals surface area (Å²) in [6.07, 6.45) is 0.849. The summed E-state index contributed by atoms with van der Waals surface area (Å²) in [5.74, 6) is -0.209. The van der Waals surface area contributed by atoms with Gasteiger partial charge in [0.15, 0.2) is 0 Å². The fourth-order valence-electron chi connectivity index (χ4n) is 2.45. The van der Waals surface area contributed by atoms with Gasteiger partial charge in [0.05, 0.1) is 17.1 Å². The number of nitrogens with zero attached hydrogens (tertiary/aromatic N) is 2. The number of ether oxygens (including phenoxy) is 1. The molecule has 2 heterocycles. The Kier molecular flexibility index (Phi) is 4.41. The minimum Gasteiger partial charge on any atom is -0.484 e. The predicted molar refractivity (Wildman–Crippen MR) is 92.4 cm³/mol. The van der Waals surface area contributed by atoms with Gasteiger partial charge in [-0.05, 0) is 38.1 Å². The molecule has 7 nitrogen and oxygen atoms in total. The zero-order chi connectivity index (χ0) is 18.1. The number of aromatic amines is 1. The number of aromatic carboxylic acids is 1. The summed E-state index contributed by atoms with van der Waals surface area (Å²) >= 11 is 6.31. The third kappa shape index (κ3) is 3.46. The van der Waals surface area contributed by atoms with Crippen LogP contribution in [0.4, 0.5) is 0 Å². The lowest BCUT2D eigenvalue weighted by molar-refractivity contribution is 0.0690. The summed E-state index contributed by atoms with van der Waals surface area (Å²) in [6.45, 7) is 3.47. The number of aromatic nitrogens is 3. The molecule has 0 aliphatic rings. The molecule has 0 radical (unpaired) electrons. The number of aryl methyl sites for hydroxylation is 1. The van der Waals surface area contributed by atoms with Crippen LogP contribution in [0, 0.1) is 6.92 Å². The third-order valence-electron chi connectivity index (χ3n) is 3.65. The van der Waals surface area contributed by atoms with Crippen molar-refractivity contribution >= 4 is 28.5 Å². The maximum absolute atomic E-state index is 12.1.